The van der Waals surface area contributed by atoms with E-state index in [1.54, 1.807) is 31.0 Å². The predicted octanol–water partition coefficient (Wildman–Crippen LogP) is 3.57. The molecule has 1 aromatic rings. The number of aromatic nitrogens is 1. The molecule has 1 fully saturated rings. The van der Waals surface area contributed by atoms with Gasteiger partial charge in [0, 0.05) is 32.0 Å². The zero-order chi connectivity index (χ0) is 19.4. The monoisotopic (exact) mass is 360 g/mol. The largest absolute Gasteiger partial charge is 0.474 e. The molecule has 0 aromatic carbocycles. The van der Waals surface area contributed by atoms with Crippen LogP contribution in [-0.2, 0) is 4.74 Å². The number of carbonyl (C=O) groups is 1. The molecule has 1 amide bonds. The zero-order valence-corrected chi connectivity index (χ0v) is 16.2. The molecule has 1 aliphatic rings. The molecule has 0 bridgehead atoms. The van der Waals surface area contributed by atoms with Crippen molar-refractivity contribution < 1.29 is 14.3 Å². The minimum atomic E-state index is -0.654. The van der Waals surface area contributed by atoms with Gasteiger partial charge in [-0.2, -0.15) is 5.26 Å². The van der Waals surface area contributed by atoms with Gasteiger partial charge in [0.1, 0.15) is 17.2 Å². The second-order valence-electron chi connectivity index (χ2n) is 8.03. The van der Waals surface area contributed by atoms with Crippen LogP contribution in [-0.4, -0.2) is 46.3 Å². The molecular weight excluding hydrogens is 332 g/mol. The summed E-state index contributed by atoms with van der Waals surface area (Å²) in [5.41, 5.74) is -0.369. The first-order valence-electron chi connectivity index (χ1n) is 8.88. The molecule has 2 rings (SSSR count). The van der Waals surface area contributed by atoms with Crippen molar-refractivity contribution in [2.45, 2.75) is 64.7 Å². The Morgan fingerprint density at radius 1 is 1.27 bits per heavy atom. The summed E-state index contributed by atoms with van der Waals surface area (Å²) in [6.45, 7) is 10.4. The fourth-order valence-corrected chi connectivity index (χ4v) is 2.57. The molecular formula is C19H28N4O3. The first-order valence-corrected chi connectivity index (χ1v) is 8.88. The van der Waals surface area contributed by atoms with Gasteiger partial charge >= 0.3 is 6.09 Å². The van der Waals surface area contributed by atoms with E-state index in [-0.39, 0.29) is 12.2 Å². The SMILES string of the molecule is CC(C)(C#N)Nc1ccc(OC2CCN(C(=O)OC(C)(C)C)CC2)nc1. The van der Waals surface area contributed by atoms with Gasteiger partial charge in [0.15, 0.2) is 0 Å². The summed E-state index contributed by atoms with van der Waals surface area (Å²) in [5.74, 6) is 0.543. The van der Waals surface area contributed by atoms with E-state index in [0.717, 1.165) is 18.5 Å². The lowest BCUT2D eigenvalue weighted by Crippen LogP contribution is -2.44. The van der Waals surface area contributed by atoms with Crippen LogP contribution in [0.1, 0.15) is 47.5 Å². The van der Waals surface area contributed by atoms with Crippen molar-refractivity contribution in [1.82, 2.24) is 9.88 Å². The number of nitrogens with one attached hydrogen (secondary N) is 1. The number of anilines is 1. The van der Waals surface area contributed by atoms with Crippen LogP contribution in [0.15, 0.2) is 18.3 Å². The van der Waals surface area contributed by atoms with Crippen molar-refractivity contribution in [2.75, 3.05) is 18.4 Å². The molecule has 0 spiro atoms. The van der Waals surface area contributed by atoms with E-state index in [1.807, 2.05) is 26.8 Å². The fourth-order valence-electron chi connectivity index (χ4n) is 2.57. The van der Waals surface area contributed by atoms with Crippen molar-refractivity contribution in [1.29, 1.82) is 5.26 Å². The number of hydrogen-bond donors (Lipinski definition) is 1. The van der Waals surface area contributed by atoms with Crippen LogP contribution in [0, 0.1) is 11.3 Å². The standard InChI is InChI=1S/C19H28N4O3/c1-18(2,3)26-17(24)23-10-8-15(9-11-23)25-16-7-6-14(12-21-16)22-19(4,5)13-20/h6-7,12,15,22H,8-11H2,1-5H3. The van der Waals surface area contributed by atoms with E-state index in [1.165, 1.54) is 0 Å². The van der Waals surface area contributed by atoms with Crippen LogP contribution in [0.5, 0.6) is 5.88 Å². The summed E-state index contributed by atoms with van der Waals surface area (Å²) in [6, 6.07) is 5.82. The van der Waals surface area contributed by atoms with Gasteiger partial charge in [0.05, 0.1) is 18.0 Å². The van der Waals surface area contributed by atoms with E-state index in [2.05, 4.69) is 16.4 Å². The quantitative estimate of drug-likeness (QED) is 0.883. The number of hydrogen-bond acceptors (Lipinski definition) is 6. The van der Waals surface area contributed by atoms with Crippen molar-refractivity contribution in [3.63, 3.8) is 0 Å². The molecule has 0 atom stereocenters. The van der Waals surface area contributed by atoms with Crippen LogP contribution < -0.4 is 10.1 Å². The average Bonchev–Trinajstić information content (AvgIpc) is 2.55. The predicted molar refractivity (Wildman–Crippen MR) is 99.0 cm³/mol. The molecule has 0 unspecified atom stereocenters. The van der Waals surface area contributed by atoms with E-state index in [9.17, 15) is 4.79 Å². The summed E-state index contributed by atoms with van der Waals surface area (Å²) in [5, 5.41) is 12.2. The third-order valence-corrected chi connectivity index (χ3v) is 3.85. The zero-order valence-electron chi connectivity index (χ0n) is 16.2. The Morgan fingerprint density at radius 3 is 2.42 bits per heavy atom. The minimum absolute atomic E-state index is 0.0237. The Hall–Kier alpha value is -2.49. The molecule has 7 nitrogen and oxygen atoms in total. The third kappa shape index (κ3) is 6.10. The van der Waals surface area contributed by atoms with Gasteiger partial charge in [0.25, 0.3) is 0 Å². The van der Waals surface area contributed by atoms with E-state index >= 15 is 0 Å². The molecule has 0 radical (unpaired) electrons. The Labute approximate surface area is 155 Å². The number of piperidine rings is 1. The second-order valence-corrected chi connectivity index (χ2v) is 8.03. The molecule has 7 heteroatoms. The van der Waals surface area contributed by atoms with Gasteiger partial charge in [0.2, 0.25) is 5.88 Å². The minimum Gasteiger partial charge on any atom is -0.474 e. The summed E-state index contributed by atoms with van der Waals surface area (Å²) in [7, 11) is 0. The van der Waals surface area contributed by atoms with Crippen molar-refractivity contribution >= 4 is 11.8 Å². The van der Waals surface area contributed by atoms with E-state index in [4.69, 9.17) is 14.7 Å². The van der Waals surface area contributed by atoms with Crippen LogP contribution in [0.3, 0.4) is 0 Å². The lowest BCUT2D eigenvalue weighted by molar-refractivity contribution is 0.0123. The number of ether oxygens (including phenoxy) is 2. The molecule has 0 aliphatic carbocycles. The molecule has 26 heavy (non-hydrogen) atoms. The van der Waals surface area contributed by atoms with E-state index in [0.29, 0.717) is 19.0 Å². The molecule has 1 aliphatic heterocycles. The van der Waals surface area contributed by atoms with Gasteiger partial charge in [-0.25, -0.2) is 9.78 Å². The molecule has 142 valence electrons. The fraction of sp³-hybridized carbons (Fsp3) is 0.632. The number of likely N-dealkylation sites (tertiary alicyclic amines) is 1. The molecule has 2 heterocycles. The highest BCUT2D eigenvalue weighted by atomic mass is 16.6. The number of rotatable bonds is 4. The summed E-state index contributed by atoms with van der Waals surface area (Å²) < 4.78 is 11.3. The molecule has 0 saturated carbocycles. The van der Waals surface area contributed by atoms with Gasteiger partial charge in [-0.15, -0.1) is 0 Å². The maximum absolute atomic E-state index is 12.1. The van der Waals surface area contributed by atoms with Crippen LogP contribution in [0.2, 0.25) is 0 Å². The maximum atomic E-state index is 12.1. The Kier molecular flexibility index (Phi) is 5.96. The number of carbonyl (C=O) groups excluding carboxylic acids is 1. The highest BCUT2D eigenvalue weighted by Crippen LogP contribution is 2.21. The van der Waals surface area contributed by atoms with Gasteiger partial charge in [-0.3, -0.25) is 0 Å². The Morgan fingerprint density at radius 2 is 1.92 bits per heavy atom. The number of amides is 1. The lowest BCUT2D eigenvalue weighted by Gasteiger charge is -2.33. The first-order chi connectivity index (χ1) is 12.1. The van der Waals surface area contributed by atoms with Crippen LogP contribution >= 0.6 is 0 Å². The highest BCUT2D eigenvalue weighted by molar-refractivity contribution is 5.68. The van der Waals surface area contributed by atoms with Crippen LogP contribution in [0.25, 0.3) is 0 Å². The number of pyridine rings is 1. The summed E-state index contributed by atoms with van der Waals surface area (Å²) in [4.78, 5) is 18.1. The summed E-state index contributed by atoms with van der Waals surface area (Å²) >= 11 is 0. The topological polar surface area (TPSA) is 87.5 Å². The number of nitrogens with zero attached hydrogens (tertiary/aromatic N) is 3. The Bertz CT molecular complexity index is 651. The Balaban J connectivity index is 1.82. The average molecular weight is 360 g/mol. The molecule has 1 N–H and O–H groups in total. The lowest BCUT2D eigenvalue weighted by atomic mass is 10.1. The van der Waals surface area contributed by atoms with Crippen molar-refractivity contribution in [3.8, 4) is 11.9 Å². The second kappa shape index (κ2) is 7.81. The van der Waals surface area contributed by atoms with E-state index < -0.39 is 11.1 Å². The van der Waals surface area contributed by atoms with Gasteiger partial charge in [-0.05, 0) is 40.7 Å². The smallest absolute Gasteiger partial charge is 0.410 e. The molecule has 1 aromatic heterocycles. The van der Waals surface area contributed by atoms with Crippen LogP contribution in [0.4, 0.5) is 10.5 Å². The first kappa shape index (κ1) is 19.8. The number of nitriles is 1. The maximum Gasteiger partial charge on any atom is 0.410 e. The summed E-state index contributed by atoms with van der Waals surface area (Å²) in [6.07, 6.45) is 2.88. The molecule has 1 saturated heterocycles. The van der Waals surface area contributed by atoms with Gasteiger partial charge < -0.3 is 19.7 Å². The van der Waals surface area contributed by atoms with Gasteiger partial charge in [-0.1, -0.05) is 0 Å². The normalized spacial score (nSPS) is 15.9. The van der Waals surface area contributed by atoms with Crippen molar-refractivity contribution in [3.05, 3.63) is 18.3 Å². The highest BCUT2D eigenvalue weighted by Gasteiger charge is 2.27. The third-order valence-electron chi connectivity index (χ3n) is 3.85. The van der Waals surface area contributed by atoms with Crippen molar-refractivity contribution in [2.24, 2.45) is 0 Å².